The highest BCUT2D eigenvalue weighted by Gasteiger charge is 2.40. The second-order valence-electron chi connectivity index (χ2n) is 4.79. The Labute approximate surface area is 145 Å². The molecule has 1 aliphatic heterocycles. The van der Waals surface area contributed by atoms with E-state index in [4.69, 9.17) is 10.5 Å². The van der Waals surface area contributed by atoms with Crippen molar-refractivity contribution >= 4 is 47.6 Å². The van der Waals surface area contributed by atoms with Gasteiger partial charge in [0.15, 0.2) is 0 Å². The zero-order valence-electron chi connectivity index (χ0n) is 12.6. The number of nitrogens with two attached hydrogens (primary N) is 1. The van der Waals surface area contributed by atoms with Crippen LogP contribution < -0.4 is 10.6 Å². The Hall–Kier alpha value is -1.57. The van der Waals surface area contributed by atoms with Gasteiger partial charge in [-0.05, 0) is 19.1 Å². The van der Waals surface area contributed by atoms with E-state index in [2.05, 4.69) is 0 Å². The summed E-state index contributed by atoms with van der Waals surface area (Å²) in [6.45, 7) is 1.97. The number of anilines is 1. The largest absolute Gasteiger partial charge is 0.465 e. The summed E-state index contributed by atoms with van der Waals surface area (Å²) in [6.07, 6.45) is 0.119. The fourth-order valence-electron chi connectivity index (χ4n) is 2.12. The van der Waals surface area contributed by atoms with Crippen molar-refractivity contribution in [1.29, 1.82) is 0 Å². The Morgan fingerprint density at radius 3 is 2.65 bits per heavy atom. The van der Waals surface area contributed by atoms with E-state index < -0.39 is 17.3 Å². The predicted molar refractivity (Wildman–Crippen MR) is 91.7 cm³/mol. The predicted octanol–water partition coefficient (Wildman–Crippen LogP) is 1.36. The van der Waals surface area contributed by atoms with E-state index in [1.807, 2.05) is 6.07 Å². The van der Waals surface area contributed by atoms with Gasteiger partial charge < -0.3 is 10.5 Å². The molecule has 6 nitrogen and oxygen atoms in total. The molecule has 1 aliphatic rings. The van der Waals surface area contributed by atoms with Crippen LogP contribution in [0.25, 0.3) is 0 Å². The molecule has 2 rings (SSSR count). The highest BCUT2D eigenvalue weighted by Crippen LogP contribution is 2.29. The molecule has 2 atom stereocenters. The van der Waals surface area contributed by atoms with Crippen LogP contribution in [0.2, 0.25) is 0 Å². The van der Waals surface area contributed by atoms with E-state index in [1.165, 1.54) is 16.7 Å². The number of amides is 2. The Morgan fingerprint density at radius 1 is 1.39 bits per heavy atom. The molecular weight excluding hydrogens is 340 g/mol. The summed E-state index contributed by atoms with van der Waals surface area (Å²) in [4.78, 5) is 37.0. The van der Waals surface area contributed by atoms with Gasteiger partial charge >= 0.3 is 5.97 Å². The first kappa shape index (κ1) is 19.5. The number of esters is 1. The molecule has 2 unspecified atom stereocenters. The molecule has 23 heavy (non-hydrogen) atoms. The van der Waals surface area contributed by atoms with E-state index in [9.17, 15) is 14.4 Å². The van der Waals surface area contributed by atoms with Crippen molar-refractivity contribution in [1.82, 2.24) is 0 Å². The third kappa shape index (κ3) is 4.70. The number of para-hydroxylation sites is 1. The van der Waals surface area contributed by atoms with Gasteiger partial charge in [0.25, 0.3) is 0 Å². The van der Waals surface area contributed by atoms with Gasteiger partial charge in [-0.25, -0.2) is 4.90 Å². The molecule has 0 saturated carbocycles. The first-order chi connectivity index (χ1) is 10.5. The standard InChI is InChI=1S/C15H18N2O4S.ClH/c1-2-21-15(20)11(16)9-22-12-8-13(18)17(14(12)19)10-6-4-3-5-7-10;/h3-7,11-12H,2,8-9,16H2,1H3;1H. The SMILES string of the molecule is CCOC(=O)C(N)CSC1CC(=O)N(c2ccccc2)C1=O.Cl. The van der Waals surface area contributed by atoms with Crippen molar-refractivity contribution in [3.8, 4) is 0 Å². The van der Waals surface area contributed by atoms with Crippen LogP contribution in [0.4, 0.5) is 5.69 Å². The average molecular weight is 359 g/mol. The molecule has 0 spiro atoms. The number of halogens is 1. The molecule has 0 bridgehead atoms. The highest BCUT2D eigenvalue weighted by atomic mass is 35.5. The number of carbonyl (C=O) groups is 3. The molecule has 2 N–H and O–H groups in total. The molecule has 1 fully saturated rings. The maximum absolute atomic E-state index is 12.4. The van der Waals surface area contributed by atoms with Crippen LogP contribution in [-0.4, -0.2) is 41.4 Å². The summed E-state index contributed by atoms with van der Waals surface area (Å²) in [5, 5.41) is -0.506. The number of imide groups is 1. The van der Waals surface area contributed by atoms with Crippen LogP contribution in [0.5, 0.6) is 0 Å². The zero-order valence-corrected chi connectivity index (χ0v) is 14.3. The smallest absolute Gasteiger partial charge is 0.323 e. The molecule has 1 aromatic rings. The number of benzene rings is 1. The van der Waals surface area contributed by atoms with Crippen molar-refractivity contribution in [2.24, 2.45) is 5.73 Å². The summed E-state index contributed by atoms with van der Waals surface area (Å²) < 4.78 is 4.82. The van der Waals surface area contributed by atoms with E-state index >= 15 is 0 Å². The minimum Gasteiger partial charge on any atom is -0.465 e. The topological polar surface area (TPSA) is 89.7 Å². The van der Waals surface area contributed by atoms with E-state index in [-0.39, 0.29) is 43.0 Å². The van der Waals surface area contributed by atoms with Gasteiger partial charge in [0.2, 0.25) is 11.8 Å². The number of hydrogen-bond donors (Lipinski definition) is 1. The van der Waals surface area contributed by atoms with Gasteiger partial charge in [0.05, 0.1) is 17.5 Å². The third-order valence-electron chi connectivity index (χ3n) is 3.19. The molecule has 0 aliphatic carbocycles. The van der Waals surface area contributed by atoms with Gasteiger partial charge in [-0.2, -0.15) is 0 Å². The average Bonchev–Trinajstić information content (AvgIpc) is 2.80. The molecule has 1 aromatic carbocycles. The van der Waals surface area contributed by atoms with Crippen LogP contribution >= 0.6 is 24.2 Å². The van der Waals surface area contributed by atoms with Crippen LogP contribution in [0.1, 0.15) is 13.3 Å². The van der Waals surface area contributed by atoms with Crippen molar-refractivity contribution in [3.63, 3.8) is 0 Å². The third-order valence-corrected chi connectivity index (χ3v) is 4.51. The lowest BCUT2D eigenvalue weighted by atomic mass is 10.3. The van der Waals surface area contributed by atoms with Gasteiger partial charge in [0.1, 0.15) is 6.04 Å². The Balaban J connectivity index is 0.00000264. The van der Waals surface area contributed by atoms with E-state index in [1.54, 1.807) is 31.2 Å². The lowest BCUT2D eigenvalue weighted by Gasteiger charge is -2.15. The fourth-order valence-corrected chi connectivity index (χ4v) is 3.20. The van der Waals surface area contributed by atoms with Gasteiger partial charge in [-0.15, -0.1) is 24.2 Å². The maximum atomic E-state index is 12.4. The number of hydrogen-bond acceptors (Lipinski definition) is 6. The fraction of sp³-hybridized carbons (Fsp3) is 0.400. The van der Waals surface area contributed by atoms with Gasteiger partial charge in [0, 0.05) is 12.2 Å². The summed E-state index contributed by atoms with van der Waals surface area (Å²) in [7, 11) is 0. The Morgan fingerprint density at radius 2 is 2.04 bits per heavy atom. The molecule has 0 aromatic heterocycles. The molecule has 1 heterocycles. The van der Waals surface area contributed by atoms with Gasteiger partial charge in [-0.1, -0.05) is 18.2 Å². The monoisotopic (exact) mass is 358 g/mol. The van der Waals surface area contributed by atoms with Crippen molar-refractivity contribution < 1.29 is 19.1 Å². The number of carbonyl (C=O) groups excluding carboxylic acids is 3. The molecule has 8 heteroatoms. The number of nitrogens with zero attached hydrogens (tertiary/aromatic N) is 1. The van der Waals surface area contributed by atoms with Crippen molar-refractivity contribution in [3.05, 3.63) is 30.3 Å². The lowest BCUT2D eigenvalue weighted by Crippen LogP contribution is -2.36. The number of thioether (sulfide) groups is 1. The molecular formula is C15H19ClN2O4S. The molecule has 1 saturated heterocycles. The maximum Gasteiger partial charge on any atom is 0.323 e. The summed E-state index contributed by atoms with van der Waals surface area (Å²) in [5.41, 5.74) is 6.27. The minimum absolute atomic E-state index is 0. The summed E-state index contributed by atoms with van der Waals surface area (Å²) in [6, 6.07) is 8.00. The van der Waals surface area contributed by atoms with Crippen molar-refractivity contribution in [2.45, 2.75) is 24.6 Å². The quantitative estimate of drug-likeness (QED) is 0.610. The molecule has 126 valence electrons. The van der Waals surface area contributed by atoms with Crippen LogP contribution in [-0.2, 0) is 19.1 Å². The Kier molecular flexibility index (Phi) is 7.54. The number of ether oxygens (including phenoxy) is 1. The lowest BCUT2D eigenvalue weighted by molar-refractivity contribution is -0.144. The number of rotatable bonds is 6. The van der Waals surface area contributed by atoms with E-state index in [0.717, 1.165) is 0 Å². The minimum atomic E-state index is -0.793. The first-order valence-corrected chi connectivity index (χ1v) is 8.05. The second-order valence-corrected chi connectivity index (χ2v) is 6.02. The summed E-state index contributed by atoms with van der Waals surface area (Å²) in [5.74, 6) is -0.757. The van der Waals surface area contributed by atoms with E-state index in [0.29, 0.717) is 5.69 Å². The molecule has 0 radical (unpaired) electrons. The Bertz CT molecular complexity index is 570. The van der Waals surface area contributed by atoms with Crippen LogP contribution in [0.3, 0.4) is 0 Å². The highest BCUT2D eigenvalue weighted by molar-refractivity contribution is 8.00. The van der Waals surface area contributed by atoms with Crippen molar-refractivity contribution in [2.75, 3.05) is 17.3 Å². The second kappa shape index (κ2) is 8.90. The van der Waals surface area contributed by atoms with Crippen LogP contribution in [0.15, 0.2) is 30.3 Å². The molecule has 2 amide bonds. The van der Waals surface area contributed by atoms with Crippen LogP contribution in [0, 0.1) is 0 Å². The zero-order chi connectivity index (χ0) is 16.1. The normalized spacial score (nSPS) is 18.5. The first-order valence-electron chi connectivity index (χ1n) is 7.00. The summed E-state index contributed by atoms with van der Waals surface area (Å²) >= 11 is 1.22. The van der Waals surface area contributed by atoms with Gasteiger partial charge in [-0.3, -0.25) is 14.4 Å².